The number of nitrogens with one attached hydrogen (secondary N) is 1. The van der Waals surface area contributed by atoms with Crippen molar-refractivity contribution in [1.29, 1.82) is 0 Å². The number of carbonyl (C=O) groups excluding carboxylic acids is 1. The van der Waals surface area contributed by atoms with Crippen molar-refractivity contribution in [2.24, 2.45) is 0 Å². The molecule has 0 aliphatic rings. The standard InChI is InChI=1S/C15H21N3O2S/c1-5-12-6-7-13(21-12)8-16-15(19)18(4)9-14-10(2)17-20-11(14)3/h6-7H,5,8-9H2,1-4H3,(H,16,19). The highest BCUT2D eigenvalue weighted by Crippen LogP contribution is 2.17. The van der Waals surface area contributed by atoms with Crippen LogP contribution < -0.4 is 5.32 Å². The summed E-state index contributed by atoms with van der Waals surface area (Å²) in [6.07, 6.45) is 1.03. The molecule has 0 spiro atoms. The molecule has 2 heterocycles. The predicted molar refractivity (Wildman–Crippen MR) is 83.4 cm³/mol. The minimum atomic E-state index is -0.0959. The lowest BCUT2D eigenvalue weighted by molar-refractivity contribution is 0.206. The van der Waals surface area contributed by atoms with E-state index in [4.69, 9.17) is 4.52 Å². The first-order valence-corrected chi connectivity index (χ1v) is 7.81. The first kappa shape index (κ1) is 15.6. The first-order valence-electron chi connectivity index (χ1n) is 6.99. The van der Waals surface area contributed by atoms with Crippen LogP contribution in [-0.2, 0) is 19.5 Å². The van der Waals surface area contributed by atoms with E-state index >= 15 is 0 Å². The Bertz CT molecular complexity index is 599. The van der Waals surface area contributed by atoms with E-state index < -0.39 is 0 Å². The number of hydrogen-bond acceptors (Lipinski definition) is 4. The summed E-state index contributed by atoms with van der Waals surface area (Å²) < 4.78 is 5.11. The maximum Gasteiger partial charge on any atom is 0.317 e. The molecule has 6 heteroatoms. The second kappa shape index (κ2) is 6.76. The highest BCUT2D eigenvalue weighted by Gasteiger charge is 2.15. The van der Waals surface area contributed by atoms with Gasteiger partial charge in [0.2, 0.25) is 0 Å². The fraction of sp³-hybridized carbons (Fsp3) is 0.467. The predicted octanol–water partition coefficient (Wildman–Crippen LogP) is 3.26. The van der Waals surface area contributed by atoms with Crippen molar-refractivity contribution >= 4 is 17.4 Å². The molecular weight excluding hydrogens is 286 g/mol. The van der Waals surface area contributed by atoms with Crippen molar-refractivity contribution in [2.75, 3.05) is 7.05 Å². The zero-order valence-corrected chi connectivity index (χ0v) is 13.7. The minimum Gasteiger partial charge on any atom is -0.361 e. The van der Waals surface area contributed by atoms with Gasteiger partial charge in [-0.15, -0.1) is 11.3 Å². The third kappa shape index (κ3) is 3.85. The summed E-state index contributed by atoms with van der Waals surface area (Å²) in [4.78, 5) is 16.3. The highest BCUT2D eigenvalue weighted by atomic mass is 32.1. The zero-order valence-electron chi connectivity index (χ0n) is 12.9. The number of rotatable bonds is 5. The van der Waals surface area contributed by atoms with Crippen molar-refractivity contribution in [2.45, 2.75) is 40.3 Å². The molecule has 2 rings (SSSR count). The van der Waals surface area contributed by atoms with E-state index in [-0.39, 0.29) is 6.03 Å². The molecule has 2 amide bonds. The van der Waals surface area contributed by atoms with Crippen LogP contribution in [0.1, 0.15) is 33.7 Å². The summed E-state index contributed by atoms with van der Waals surface area (Å²) >= 11 is 1.74. The Morgan fingerprint density at radius 3 is 2.67 bits per heavy atom. The second-order valence-corrected chi connectivity index (χ2v) is 6.29. The van der Waals surface area contributed by atoms with Crippen LogP contribution >= 0.6 is 11.3 Å². The minimum absolute atomic E-state index is 0.0959. The molecule has 0 fully saturated rings. The van der Waals surface area contributed by atoms with Gasteiger partial charge in [0.25, 0.3) is 0 Å². The summed E-state index contributed by atoms with van der Waals surface area (Å²) in [6, 6.07) is 4.08. The Kier molecular flexibility index (Phi) is 5.01. The van der Waals surface area contributed by atoms with Gasteiger partial charge in [0.1, 0.15) is 5.76 Å². The van der Waals surface area contributed by atoms with E-state index in [2.05, 4.69) is 29.5 Å². The van der Waals surface area contributed by atoms with Crippen molar-refractivity contribution in [3.8, 4) is 0 Å². The molecule has 0 bridgehead atoms. The topological polar surface area (TPSA) is 58.4 Å². The van der Waals surface area contributed by atoms with Gasteiger partial charge < -0.3 is 14.7 Å². The maximum absolute atomic E-state index is 12.1. The first-order chi connectivity index (χ1) is 10.0. The molecule has 2 aromatic rings. The van der Waals surface area contributed by atoms with Crippen LogP contribution in [0.25, 0.3) is 0 Å². The normalized spacial score (nSPS) is 10.7. The van der Waals surface area contributed by atoms with E-state index in [1.54, 1.807) is 23.3 Å². The average molecular weight is 307 g/mol. The van der Waals surface area contributed by atoms with Crippen LogP contribution in [0.3, 0.4) is 0 Å². The monoisotopic (exact) mass is 307 g/mol. The number of amides is 2. The van der Waals surface area contributed by atoms with Gasteiger partial charge >= 0.3 is 6.03 Å². The molecule has 1 N–H and O–H groups in total. The van der Waals surface area contributed by atoms with Gasteiger partial charge in [0.15, 0.2) is 0 Å². The molecule has 0 radical (unpaired) electrons. The molecular formula is C15H21N3O2S. The van der Waals surface area contributed by atoms with Gasteiger partial charge in [-0.05, 0) is 32.4 Å². The third-order valence-electron chi connectivity index (χ3n) is 3.40. The Hall–Kier alpha value is -1.82. The largest absolute Gasteiger partial charge is 0.361 e. The van der Waals surface area contributed by atoms with Crippen LogP contribution in [-0.4, -0.2) is 23.1 Å². The second-order valence-electron chi connectivity index (χ2n) is 5.04. The Balaban J connectivity index is 1.88. The third-order valence-corrected chi connectivity index (χ3v) is 4.63. The molecule has 2 aromatic heterocycles. The van der Waals surface area contributed by atoms with Gasteiger partial charge in [0.05, 0.1) is 18.8 Å². The number of carbonyl (C=O) groups is 1. The maximum atomic E-state index is 12.1. The summed E-state index contributed by atoms with van der Waals surface area (Å²) in [5.74, 6) is 0.762. The van der Waals surface area contributed by atoms with Gasteiger partial charge in [-0.3, -0.25) is 0 Å². The van der Waals surface area contributed by atoms with Crippen molar-refractivity contribution in [3.05, 3.63) is 38.9 Å². The molecule has 0 saturated heterocycles. The van der Waals surface area contributed by atoms with Crippen LogP contribution in [0.4, 0.5) is 4.79 Å². The van der Waals surface area contributed by atoms with E-state index in [9.17, 15) is 4.79 Å². The van der Waals surface area contributed by atoms with E-state index in [0.29, 0.717) is 13.1 Å². The SMILES string of the molecule is CCc1ccc(CNC(=O)N(C)Cc2c(C)noc2C)s1. The van der Waals surface area contributed by atoms with Crippen LogP contribution in [0.5, 0.6) is 0 Å². The number of thiophene rings is 1. The fourth-order valence-corrected chi connectivity index (χ4v) is 2.94. The van der Waals surface area contributed by atoms with Gasteiger partial charge in [-0.1, -0.05) is 12.1 Å². The smallest absolute Gasteiger partial charge is 0.317 e. The van der Waals surface area contributed by atoms with E-state index in [1.165, 1.54) is 9.75 Å². The number of aromatic nitrogens is 1. The molecule has 0 aliphatic carbocycles. The van der Waals surface area contributed by atoms with Crippen LogP contribution in [0.2, 0.25) is 0 Å². The Labute approximate surface area is 128 Å². The Morgan fingerprint density at radius 1 is 1.38 bits per heavy atom. The van der Waals surface area contributed by atoms with Gasteiger partial charge in [-0.2, -0.15) is 0 Å². The van der Waals surface area contributed by atoms with Gasteiger partial charge in [0, 0.05) is 22.4 Å². The number of nitrogens with zero attached hydrogens (tertiary/aromatic N) is 2. The van der Waals surface area contributed by atoms with Crippen molar-refractivity contribution in [3.63, 3.8) is 0 Å². The molecule has 0 unspecified atom stereocenters. The van der Waals surface area contributed by atoms with Crippen molar-refractivity contribution < 1.29 is 9.32 Å². The quantitative estimate of drug-likeness (QED) is 0.922. The number of urea groups is 1. The molecule has 0 atom stereocenters. The fourth-order valence-electron chi connectivity index (χ4n) is 2.04. The number of aryl methyl sites for hydroxylation is 3. The molecule has 114 valence electrons. The summed E-state index contributed by atoms with van der Waals surface area (Å²) in [7, 11) is 1.77. The van der Waals surface area contributed by atoms with E-state index in [1.807, 2.05) is 13.8 Å². The molecule has 0 aliphatic heterocycles. The summed E-state index contributed by atoms with van der Waals surface area (Å²) in [5, 5.41) is 6.84. The average Bonchev–Trinajstić information content (AvgIpc) is 3.06. The lowest BCUT2D eigenvalue weighted by Gasteiger charge is -2.17. The lowest BCUT2D eigenvalue weighted by Crippen LogP contribution is -2.36. The molecule has 5 nitrogen and oxygen atoms in total. The van der Waals surface area contributed by atoms with Crippen molar-refractivity contribution in [1.82, 2.24) is 15.4 Å². The number of hydrogen-bond donors (Lipinski definition) is 1. The van der Waals surface area contributed by atoms with Gasteiger partial charge in [-0.25, -0.2) is 4.79 Å². The molecule has 0 aromatic carbocycles. The summed E-state index contributed by atoms with van der Waals surface area (Å²) in [5.41, 5.74) is 1.80. The van der Waals surface area contributed by atoms with Crippen LogP contribution in [0.15, 0.2) is 16.7 Å². The van der Waals surface area contributed by atoms with Crippen LogP contribution in [0, 0.1) is 13.8 Å². The lowest BCUT2D eigenvalue weighted by atomic mass is 10.2. The molecule has 0 saturated carbocycles. The summed E-state index contributed by atoms with van der Waals surface area (Å²) in [6.45, 7) is 6.94. The Morgan fingerprint density at radius 2 is 2.10 bits per heavy atom. The zero-order chi connectivity index (χ0) is 15.4. The molecule has 21 heavy (non-hydrogen) atoms. The van der Waals surface area contributed by atoms with E-state index in [0.717, 1.165) is 23.4 Å². The highest BCUT2D eigenvalue weighted by molar-refractivity contribution is 7.11.